The minimum atomic E-state index is -0.496. The summed E-state index contributed by atoms with van der Waals surface area (Å²) in [5, 5.41) is 2.50. The molecule has 1 aromatic rings. The van der Waals surface area contributed by atoms with Crippen molar-refractivity contribution in [3.63, 3.8) is 0 Å². The summed E-state index contributed by atoms with van der Waals surface area (Å²) in [4.78, 5) is 29.8. The highest BCUT2D eigenvalue weighted by Crippen LogP contribution is 1.92. The quantitative estimate of drug-likeness (QED) is 0.743. The molecule has 1 unspecified atom stereocenters. The number of ketones is 1. The van der Waals surface area contributed by atoms with Crippen LogP contribution in [0.4, 0.5) is 0 Å². The summed E-state index contributed by atoms with van der Waals surface area (Å²) in [6, 6.07) is -0.496. The molecule has 14 heavy (non-hydrogen) atoms. The molecule has 0 fully saturated rings. The fourth-order valence-electron chi connectivity index (χ4n) is 0.789. The van der Waals surface area contributed by atoms with E-state index in [9.17, 15) is 9.59 Å². The standard InChI is InChI=1S/C9H11N3O2/c1-6(7(2)13)12-9(14)8-5-10-3-4-11-8/h3-6H,1-2H3,(H,12,14). The molecular formula is C9H11N3O2. The molecule has 74 valence electrons. The third-order valence-electron chi connectivity index (χ3n) is 1.75. The van der Waals surface area contributed by atoms with Gasteiger partial charge >= 0.3 is 0 Å². The Bertz CT molecular complexity index is 337. The molecule has 0 aromatic carbocycles. The number of carbonyl (C=O) groups is 2. The molecule has 0 aliphatic carbocycles. The number of amides is 1. The molecule has 1 amide bonds. The summed E-state index contributed by atoms with van der Waals surface area (Å²) in [5.41, 5.74) is 0.209. The number of nitrogens with one attached hydrogen (secondary N) is 1. The van der Waals surface area contributed by atoms with Crippen LogP contribution in [0.2, 0.25) is 0 Å². The van der Waals surface area contributed by atoms with Gasteiger partial charge < -0.3 is 5.32 Å². The highest BCUT2D eigenvalue weighted by Gasteiger charge is 2.13. The number of hydrogen-bond donors (Lipinski definition) is 1. The van der Waals surface area contributed by atoms with Crippen LogP contribution < -0.4 is 5.32 Å². The van der Waals surface area contributed by atoms with E-state index in [-0.39, 0.29) is 17.4 Å². The van der Waals surface area contributed by atoms with Gasteiger partial charge in [0.25, 0.3) is 5.91 Å². The van der Waals surface area contributed by atoms with Crippen molar-refractivity contribution < 1.29 is 9.59 Å². The first-order chi connectivity index (χ1) is 6.61. The van der Waals surface area contributed by atoms with Crippen molar-refractivity contribution in [3.05, 3.63) is 24.3 Å². The third kappa shape index (κ3) is 2.62. The first kappa shape index (κ1) is 10.3. The van der Waals surface area contributed by atoms with Crippen molar-refractivity contribution in [2.24, 2.45) is 0 Å². The topological polar surface area (TPSA) is 72.0 Å². The van der Waals surface area contributed by atoms with E-state index in [2.05, 4.69) is 15.3 Å². The van der Waals surface area contributed by atoms with Gasteiger partial charge in [-0.3, -0.25) is 14.6 Å². The lowest BCUT2D eigenvalue weighted by Gasteiger charge is -2.08. The predicted molar refractivity (Wildman–Crippen MR) is 49.6 cm³/mol. The zero-order valence-corrected chi connectivity index (χ0v) is 8.02. The summed E-state index contributed by atoms with van der Waals surface area (Å²) in [6.07, 6.45) is 4.25. The molecule has 5 nitrogen and oxygen atoms in total. The van der Waals surface area contributed by atoms with E-state index in [1.807, 2.05) is 0 Å². The second kappa shape index (κ2) is 4.45. The number of aromatic nitrogens is 2. The van der Waals surface area contributed by atoms with Gasteiger partial charge in [-0.25, -0.2) is 4.98 Å². The van der Waals surface area contributed by atoms with Gasteiger partial charge in [0.2, 0.25) is 0 Å². The Labute approximate surface area is 81.6 Å². The van der Waals surface area contributed by atoms with Crippen LogP contribution in [0, 0.1) is 0 Å². The Morgan fingerprint density at radius 3 is 2.64 bits per heavy atom. The number of carbonyl (C=O) groups excluding carboxylic acids is 2. The van der Waals surface area contributed by atoms with E-state index in [1.54, 1.807) is 6.92 Å². The van der Waals surface area contributed by atoms with E-state index < -0.39 is 6.04 Å². The van der Waals surface area contributed by atoms with E-state index >= 15 is 0 Å². The second-order valence-corrected chi connectivity index (χ2v) is 2.90. The van der Waals surface area contributed by atoms with Crippen LogP contribution >= 0.6 is 0 Å². The lowest BCUT2D eigenvalue weighted by atomic mass is 10.2. The van der Waals surface area contributed by atoms with Crippen molar-refractivity contribution in [2.45, 2.75) is 19.9 Å². The van der Waals surface area contributed by atoms with Gasteiger partial charge in [0.05, 0.1) is 12.2 Å². The van der Waals surface area contributed by atoms with Crippen LogP contribution in [-0.2, 0) is 4.79 Å². The van der Waals surface area contributed by atoms with Crippen LogP contribution in [0.3, 0.4) is 0 Å². The lowest BCUT2D eigenvalue weighted by Crippen LogP contribution is -2.37. The molecule has 5 heteroatoms. The first-order valence-corrected chi connectivity index (χ1v) is 4.18. The van der Waals surface area contributed by atoms with Crippen LogP contribution in [0.1, 0.15) is 24.3 Å². The summed E-state index contributed by atoms with van der Waals surface area (Å²) in [5.74, 6) is -0.483. The van der Waals surface area contributed by atoms with Gasteiger partial charge in [0.1, 0.15) is 5.69 Å². The number of hydrogen-bond acceptors (Lipinski definition) is 4. The first-order valence-electron chi connectivity index (χ1n) is 4.18. The largest absolute Gasteiger partial charge is 0.341 e. The van der Waals surface area contributed by atoms with Crippen molar-refractivity contribution in [1.29, 1.82) is 0 Å². The SMILES string of the molecule is CC(=O)C(C)NC(=O)c1cnccn1. The Balaban J connectivity index is 2.64. The van der Waals surface area contributed by atoms with Crippen molar-refractivity contribution in [3.8, 4) is 0 Å². The molecule has 1 N–H and O–H groups in total. The zero-order chi connectivity index (χ0) is 10.6. The zero-order valence-electron chi connectivity index (χ0n) is 8.02. The average Bonchev–Trinajstić information content (AvgIpc) is 2.19. The Morgan fingerprint density at radius 1 is 1.43 bits per heavy atom. The van der Waals surface area contributed by atoms with Crippen molar-refractivity contribution >= 4 is 11.7 Å². The Kier molecular flexibility index (Phi) is 3.28. The van der Waals surface area contributed by atoms with Gasteiger partial charge in [0.15, 0.2) is 5.78 Å². The predicted octanol–water partition coefficient (Wildman–Crippen LogP) is 0.184. The fourth-order valence-corrected chi connectivity index (χ4v) is 0.789. The molecule has 1 heterocycles. The maximum Gasteiger partial charge on any atom is 0.272 e. The second-order valence-electron chi connectivity index (χ2n) is 2.90. The molecule has 1 rings (SSSR count). The molecule has 0 saturated heterocycles. The fraction of sp³-hybridized carbons (Fsp3) is 0.333. The summed E-state index contributed by atoms with van der Waals surface area (Å²) in [6.45, 7) is 3.04. The molecule has 0 saturated carbocycles. The number of nitrogens with zero attached hydrogens (tertiary/aromatic N) is 2. The van der Waals surface area contributed by atoms with E-state index in [0.717, 1.165) is 0 Å². The minimum Gasteiger partial charge on any atom is -0.341 e. The summed E-state index contributed by atoms with van der Waals surface area (Å²) >= 11 is 0. The summed E-state index contributed by atoms with van der Waals surface area (Å²) < 4.78 is 0. The van der Waals surface area contributed by atoms with Crippen LogP contribution in [0.25, 0.3) is 0 Å². The smallest absolute Gasteiger partial charge is 0.272 e. The highest BCUT2D eigenvalue weighted by atomic mass is 16.2. The minimum absolute atomic E-state index is 0.0951. The maximum absolute atomic E-state index is 11.4. The van der Waals surface area contributed by atoms with Crippen LogP contribution in [0.15, 0.2) is 18.6 Å². The molecule has 0 radical (unpaired) electrons. The van der Waals surface area contributed by atoms with Gasteiger partial charge in [0, 0.05) is 12.4 Å². The van der Waals surface area contributed by atoms with Gasteiger partial charge in [-0.2, -0.15) is 0 Å². The molecule has 0 aliphatic heterocycles. The van der Waals surface area contributed by atoms with Crippen LogP contribution in [-0.4, -0.2) is 27.7 Å². The average molecular weight is 193 g/mol. The third-order valence-corrected chi connectivity index (χ3v) is 1.75. The Hall–Kier alpha value is -1.78. The summed E-state index contributed by atoms with van der Waals surface area (Å²) in [7, 11) is 0. The van der Waals surface area contributed by atoms with E-state index in [0.29, 0.717) is 0 Å². The molecular weight excluding hydrogens is 182 g/mol. The van der Waals surface area contributed by atoms with Crippen molar-refractivity contribution in [1.82, 2.24) is 15.3 Å². The normalized spacial score (nSPS) is 11.9. The maximum atomic E-state index is 11.4. The van der Waals surface area contributed by atoms with Crippen molar-refractivity contribution in [2.75, 3.05) is 0 Å². The van der Waals surface area contributed by atoms with Crippen LogP contribution in [0.5, 0.6) is 0 Å². The molecule has 1 aromatic heterocycles. The number of Topliss-reactive ketones (excluding diaryl/α,β-unsaturated/α-hetero) is 1. The molecule has 0 aliphatic rings. The monoisotopic (exact) mass is 193 g/mol. The van der Waals surface area contributed by atoms with E-state index in [4.69, 9.17) is 0 Å². The Morgan fingerprint density at radius 2 is 2.14 bits per heavy atom. The molecule has 0 spiro atoms. The van der Waals surface area contributed by atoms with Gasteiger partial charge in [-0.1, -0.05) is 0 Å². The van der Waals surface area contributed by atoms with Gasteiger partial charge in [-0.15, -0.1) is 0 Å². The lowest BCUT2D eigenvalue weighted by molar-refractivity contribution is -0.118. The number of rotatable bonds is 3. The van der Waals surface area contributed by atoms with E-state index in [1.165, 1.54) is 25.5 Å². The molecule has 0 bridgehead atoms. The molecule has 1 atom stereocenters. The highest BCUT2D eigenvalue weighted by molar-refractivity contribution is 5.95. The van der Waals surface area contributed by atoms with Gasteiger partial charge in [-0.05, 0) is 13.8 Å².